The van der Waals surface area contributed by atoms with Crippen LogP contribution in [0.3, 0.4) is 0 Å². The molecule has 0 bridgehead atoms. The van der Waals surface area contributed by atoms with E-state index in [4.69, 9.17) is 4.74 Å². The van der Waals surface area contributed by atoms with E-state index >= 15 is 0 Å². The number of aliphatic hydroxyl groups is 1. The van der Waals surface area contributed by atoms with Crippen molar-refractivity contribution in [1.82, 2.24) is 5.32 Å². The minimum Gasteiger partial charge on any atom is -0.497 e. The highest BCUT2D eigenvalue weighted by Crippen LogP contribution is 2.18. The molecule has 3 nitrogen and oxygen atoms in total. The van der Waals surface area contributed by atoms with Crippen LogP contribution in [0.25, 0.3) is 0 Å². The molecule has 0 aliphatic rings. The number of rotatable bonds is 5. The van der Waals surface area contributed by atoms with Crippen molar-refractivity contribution in [3.8, 4) is 5.75 Å². The van der Waals surface area contributed by atoms with Crippen molar-refractivity contribution in [3.63, 3.8) is 0 Å². The molecular weight excluding hydrogens is 214 g/mol. The van der Waals surface area contributed by atoms with Crippen molar-refractivity contribution in [2.24, 2.45) is 5.41 Å². The van der Waals surface area contributed by atoms with Crippen molar-refractivity contribution < 1.29 is 9.84 Å². The quantitative estimate of drug-likeness (QED) is 0.825. The third-order valence-electron chi connectivity index (χ3n) is 2.80. The molecule has 1 aromatic rings. The number of ether oxygens (including phenoxy) is 1. The van der Waals surface area contributed by atoms with Gasteiger partial charge in [0.15, 0.2) is 0 Å². The third-order valence-corrected chi connectivity index (χ3v) is 2.80. The van der Waals surface area contributed by atoms with Crippen molar-refractivity contribution >= 4 is 0 Å². The maximum atomic E-state index is 9.88. The third kappa shape index (κ3) is 4.75. The van der Waals surface area contributed by atoms with Crippen molar-refractivity contribution in [1.29, 1.82) is 0 Å². The maximum Gasteiger partial charge on any atom is 0.119 e. The number of benzene rings is 1. The van der Waals surface area contributed by atoms with Gasteiger partial charge in [0, 0.05) is 13.1 Å². The second-order valence-corrected chi connectivity index (χ2v) is 5.36. The minimum absolute atomic E-state index is 0.0820. The highest BCUT2D eigenvalue weighted by molar-refractivity contribution is 5.28. The van der Waals surface area contributed by atoms with E-state index in [0.717, 1.165) is 17.9 Å². The molecule has 17 heavy (non-hydrogen) atoms. The predicted octanol–water partition coefficient (Wildman–Crippen LogP) is 2.19. The van der Waals surface area contributed by atoms with Gasteiger partial charge in [0.2, 0.25) is 0 Å². The molecule has 2 N–H and O–H groups in total. The number of nitrogens with one attached hydrogen (secondary N) is 1. The highest BCUT2D eigenvalue weighted by atomic mass is 16.5. The average Bonchev–Trinajstić information content (AvgIpc) is 2.28. The summed E-state index contributed by atoms with van der Waals surface area (Å²) in [5, 5.41) is 13.1. The van der Waals surface area contributed by atoms with Crippen LogP contribution in [-0.4, -0.2) is 24.9 Å². The molecule has 0 aliphatic carbocycles. The van der Waals surface area contributed by atoms with Gasteiger partial charge in [0.25, 0.3) is 0 Å². The Morgan fingerprint density at radius 1 is 1.35 bits per heavy atom. The lowest BCUT2D eigenvalue weighted by molar-refractivity contribution is 0.0627. The van der Waals surface area contributed by atoms with E-state index in [1.807, 2.05) is 45.0 Å². The van der Waals surface area contributed by atoms with Crippen LogP contribution >= 0.6 is 0 Å². The van der Waals surface area contributed by atoms with Gasteiger partial charge in [-0.05, 0) is 23.1 Å². The molecule has 1 aromatic carbocycles. The highest BCUT2D eigenvalue weighted by Gasteiger charge is 2.21. The molecule has 0 aromatic heterocycles. The maximum absolute atomic E-state index is 9.88. The summed E-state index contributed by atoms with van der Waals surface area (Å²) in [6, 6.07) is 7.93. The molecule has 3 heteroatoms. The summed E-state index contributed by atoms with van der Waals surface area (Å²) in [7, 11) is 1.66. The molecule has 1 rings (SSSR count). The number of hydrogen-bond acceptors (Lipinski definition) is 3. The lowest BCUT2D eigenvalue weighted by Crippen LogP contribution is -2.36. The monoisotopic (exact) mass is 237 g/mol. The fraction of sp³-hybridized carbons (Fsp3) is 0.571. The molecule has 0 radical (unpaired) electrons. The fourth-order valence-electron chi connectivity index (χ4n) is 1.44. The van der Waals surface area contributed by atoms with E-state index in [1.165, 1.54) is 0 Å². The topological polar surface area (TPSA) is 41.5 Å². The molecule has 1 unspecified atom stereocenters. The minimum atomic E-state index is -0.340. The van der Waals surface area contributed by atoms with Crippen LogP contribution in [0.5, 0.6) is 5.75 Å². The van der Waals surface area contributed by atoms with Crippen LogP contribution in [0.15, 0.2) is 24.3 Å². The zero-order valence-corrected chi connectivity index (χ0v) is 11.2. The van der Waals surface area contributed by atoms with Gasteiger partial charge >= 0.3 is 0 Å². The van der Waals surface area contributed by atoms with Crippen LogP contribution in [0, 0.1) is 5.41 Å². The molecule has 96 valence electrons. The molecule has 0 saturated heterocycles. The first-order valence-electron chi connectivity index (χ1n) is 5.95. The predicted molar refractivity (Wildman–Crippen MR) is 70.2 cm³/mol. The first kappa shape index (κ1) is 14.0. The average molecular weight is 237 g/mol. The molecule has 0 amide bonds. The van der Waals surface area contributed by atoms with E-state index < -0.39 is 0 Å². The second-order valence-electron chi connectivity index (χ2n) is 5.36. The van der Waals surface area contributed by atoms with E-state index in [9.17, 15) is 5.11 Å². The van der Waals surface area contributed by atoms with Gasteiger partial charge in [-0.25, -0.2) is 0 Å². The fourth-order valence-corrected chi connectivity index (χ4v) is 1.44. The zero-order chi connectivity index (χ0) is 12.9. The SMILES string of the molecule is COc1cccc(CNCC(O)C(C)(C)C)c1. The lowest BCUT2D eigenvalue weighted by Gasteiger charge is -2.26. The zero-order valence-electron chi connectivity index (χ0n) is 11.2. The largest absolute Gasteiger partial charge is 0.497 e. The van der Waals surface area contributed by atoms with E-state index in [0.29, 0.717) is 6.54 Å². The first-order valence-corrected chi connectivity index (χ1v) is 5.95. The van der Waals surface area contributed by atoms with E-state index in [2.05, 4.69) is 5.32 Å². The van der Waals surface area contributed by atoms with Crippen LogP contribution in [0.4, 0.5) is 0 Å². The first-order chi connectivity index (χ1) is 7.93. The van der Waals surface area contributed by atoms with Gasteiger partial charge in [-0.3, -0.25) is 0 Å². The van der Waals surface area contributed by atoms with E-state index in [1.54, 1.807) is 7.11 Å². The molecular formula is C14H23NO2. The summed E-state index contributed by atoms with van der Waals surface area (Å²) in [6.45, 7) is 7.44. The molecule has 1 atom stereocenters. The lowest BCUT2D eigenvalue weighted by atomic mass is 9.89. The van der Waals surface area contributed by atoms with Crippen LogP contribution in [-0.2, 0) is 6.54 Å². The second kappa shape index (κ2) is 6.03. The molecule has 0 heterocycles. The van der Waals surface area contributed by atoms with E-state index in [-0.39, 0.29) is 11.5 Å². The molecule has 0 fully saturated rings. The summed E-state index contributed by atoms with van der Waals surface area (Å²) in [4.78, 5) is 0. The van der Waals surface area contributed by atoms with Crippen LogP contribution < -0.4 is 10.1 Å². The smallest absolute Gasteiger partial charge is 0.119 e. The summed E-state index contributed by atoms with van der Waals surface area (Å²) in [5.41, 5.74) is 1.08. The van der Waals surface area contributed by atoms with Gasteiger partial charge in [-0.2, -0.15) is 0 Å². The van der Waals surface area contributed by atoms with Crippen molar-refractivity contribution in [3.05, 3.63) is 29.8 Å². The number of aliphatic hydroxyl groups excluding tert-OH is 1. The Morgan fingerprint density at radius 2 is 2.06 bits per heavy atom. The molecule has 0 saturated carbocycles. The Balaban J connectivity index is 2.40. The van der Waals surface area contributed by atoms with Gasteiger partial charge in [-0.15, -0.1) is 0 Å². The normalized spacial score (nSPS) is 13.5. The summed E-state index contributed by atoms with van der Waals surface area (Å²) in [5.74, 6) is 0.862. The Bertz CT molecular complexity index is 344. The van der Waals surface area contributed by atoms with Crippen LogP contribution in [0.1, 0.15) is 26.3 Å². The van der Waals surface area contributed by atoms with Crippen molar-refractivity contribution in [2.45, 2.75) is 33.4 Å². The van der Waals surface area contributed by atoms with Gasteiger partial charge in [0.1, 0.15) is 5.75 Å². The van der Waals surface area contributed by atoms with Crippen molar-refractivity contribution in [2.75, 3.05) is 13.7 Å². The number of methoxy groups -OCH3 is 1. The Morgan fingerprint density at radius 3 is 2.65 bits per heavy atom. The standard InChI is InChI=1S/C14H23NO2/c1-14(2,3)13(16)10-15-9-11-6-5-7-12(8-11)17-4/h5-8,13,15-16H,9-10H2,1-4H3. The Kier molecular flexibility index (Phi) is 4.97. The molecule has 0 aliphatic heterocycles. The van der Waals surface area contributed by atoms with Gasteiger partial charge < -0.3 is 15.2 Å². The Hall–Kier alpha value is -1.06. The van der Waals surface area contributed by atoms with Gasteiger partial charge in [-0.1, -0.05) is 32.9 Å². The van der Waals surface area contributed by atoms with Gasteiger partial charge in [0.05, 0.1) is 13.2 Å². The summed E-state index contributed by atoms with van der Waals surface area (Å²) in [6.07, 6.45) is -0.340. The van der Waals surface area contributed by atoms with Crippen LogP contribution in [0.2, 0.25) is 0 Å². The number of hydrogen-bond donors (Lipinski definition) is 2. The summed E-state index contributed by atoms with van der Waals surface area (Å²) < 4.78 is 5.16. The Labute approximate surface area is 104 Å². The molecule has 0 spiro atoms. The summed E-state index contributed by atoms with van der Waals surface area (Å²) >= 11 is 0.